The van der Waals surface area contributed by atoms with Gasteiger partial charge in [0.1, 0.15) is 5.82 Å². The van der Waals surface area contributed by atoms with Crippen LogP contribution in [0.3, 0.4) is 0 Å². The van der Waals surface area contributed by atoms with Crippen molar-refractivity contribution in [3.05, 3.63) is 45.5 Å². The molecule has 4 heterocycles. The second-order valence-electron chi connectivity index (χ2n) is 6.65. The first-order valence-electron chi connectivity index (χ1n) is 9.10. The van der Waals surface area contributed by atoms with Gasteiger partial charge in [0, 0.05) is 31.0 Å². The lowest BCUT2D eigenvalue weighted by Crippen LogP contribution is -2.41. The predicted octanol–water partition coefficient (Wildman–Crippen LogP) is 2.62. The third-order valence-electron chi connectivity index (χ3n) is 4.69. The van der Waals surface area contributed by atoms with Gasteiger partial charge in [-0.3, -0.25) is 9.59 Å². The molecule has 8 nitrogen and oxygen atoms in total. The van der Waals surface area contributed by atoms with Crippen LogP contribution >= 0.6 is 22.9 Å². The number of piperidine rings is 1. The monoisotopic (exact) mass is 418 g/mol. The topological polar surface area (TPSA) is 92.5 Å². The van der Waals surface area contributed by atoms with Gasteiger partial charge >= 0.3 is 0 Å². The zero-order valence-corrected chi connectivity index (χ0v) is 16.8. The molecular weight excluding hydrogens is 400 g/mol. The maximum absolute atomic E-state index is 12.6. The fraction of sp³-hybridized carbons (Fsp3) is 0.389. The van der Waals surface area contributed by atoms with Gasteiger partial charge in [-0.2, -0.15) is 4.52 Å². The molecule has 10 heteroatoms. The second-order valence-corrected chi connectivity index (χ2v) is 8.03. The number of aromatic nitrogens is 4. The predicted molar refractivity (Wildman–Crippen MR) is 109 cm³/mol. The Hall–Kier alpha value is -2.52. The van der Waals surface area contributed by atoms with Gasteiger partial charge in [0.25, 0.3) is 5.56 Å². The van der Waals surface area contributed by atoms with Crippen molar-refractivity contribution in [1.82, 2.24) is 19.6 Å². The second kappa shape index (κ2) is 7.84. The summed E-state index contributed by atoms with van der Waals surface area (Å²) in [5.74, 6) is 0.215. The Morgan fingerprint density at radius 1 is 1.43 bits per heavy atom. The first-order chi connectivity index (χ1) is 13.5. The molecule has 1 amide bonds. The van der Waals surface area contributed by atoms with Crippen LogP contribution in [0, 0.1) is 5.92 Å². The van der Waals surface area contributed by atoms with Crippen molar-refractivity contribution < 1.29 is 4.79 Å². The number of nitrogens with zero attached hydrogens (tertiary/aromatic N) is 5. The lowest BCUT2D eigenvalue weighted by atomic mass is 9.97. The molecule has 0 aliphatic carbocycles. The van der Waals surface area contributed by atoms with Gasteiger partial charge in [0.2, 0.25) is 16.0 Å². The first kappa shape index (κ1) is 18.8. The van der Waals surface area contributed by atoms with Crippen LogP contribution in [-0.4, -0.2) is 38.6 Å². The highest BCUT2D eigenvalue weighted by molar-refractivity contribution is 7.20. The molecule has 3 aromatic heterocycles. The summed E-state index contributed by atoms with van der Waals surface area (Å²) in [6.07, 6.45) is 3.86. The Balaban J connectivity index is 1.51. The minimum Gasteiger partial charge on any atom is -0.346 e. The van der Waals surface area contributed by atoms with E-state index in [4.69, 9.17) is 11.6 Å². The molecule has 28 heavy (non-hydrogen) atoms. The van der Waals surface area contributed by atoms with Crippen molar-refractivity contribution in [2.24, 2.45) is 5.92 Å². The number of pyridine rings is 1. The highest BCUT2D eigenvalue weighted by Crippen LogP contribution is 2.27. The third kappa shape index (κ3) is 3.85. The van der Waals surface area contributed by atoms with E-state index in [9.17, 15) is 9.59 Å². The van der Waals surface area contributed by atoms with Crippen LogP contribution in [-0.2, 0) is 11.2 Å². The summed E-state index contributed by atoms with van der Waals surface area (Å²) >= 11 is 7.21. The number of carbonyl (C=O) groups excluding carboxylic acids is 1. The van der Waals surface area contributed by atoms with E-state index < -0.39 is 0 Å². The Bertz CT molecular complexity index is 1060. The molecule has 1 aliphatic rings. The van der Waals surface area contributed by atoms with Crippen molar-refractivity contribution in [1.29, 1.82) is 0 Å². The van der Waals surface area contributed by atoms with Crippen LogP contribution < -0.4 is 15.8 Å². The number of carbonyl (C=O) groups is 1. The lowest BCUT2D eigenvalue weighted by molar-refractivity contribution is -0.120. The number of anilines is 2. The Morgan fingerprint density at radius 2 is 2.29 bits per heavy atom. The van der Waals surface area contributed by atoms with Gasteiger partial charge in [-0.25, -0.2) is 9.97 Å². The number of fused-ring (bicyclic) bond motifs is 1. The van der Waals surface area contributed by atoms with Crippen molar-refractivity contribution in [2.75, 3.05) is 23.3 Å². The van der Waals surface area contributed by atoms with Crippen LogP contribution in [0.1, 0.15) is 25.5 Å². The Labute approximate surface area is 170 Å². The Morgan fingerprint density at radius 3 is 3.04 bits per heavy atom. The summed E-state index contributed by atoms with van der Waals surface area (Å²) in [4.78, 5) is 36.1. The zero-order valence-electron chi connectivity index (χ0n) is 15.3. The number of amides is 1. The molecule has 1 aliphatic heterocycles. The molecule has 1 atom stereocenters. The normalized spacial score (nSPS) is 17.1. The molecule has 1 unspecified atom stereocenters. The summed E-state index contributed by atoms with van der Waals surface area (Å²) in [5, 5.41) is 8.50. The SMILES string of the molecule is CCc1cc(=O)n2nc(N3CCCC(C(=O)Nc4ccc(Cl)cn4)C3)sc2n1. The third-order valence-corrected chi connectivity index (χ3v) is 5.88. The molecule has 0 spiro atoms. The highest BCUT2D eigenvalue weighted by atomic mass is 35.5. The fourth-order valence-corrected chi connectivity index (χ4v) is 4.27. The maximum Gasteiger partial charge on any atom is 0.275 e. The molecule has 0 aromatic carbocycles. The molecule has 0 radical (unpaired) electrons. The molecule has 3 aromatic rings. The largest absolute Gasteiger partial charge is 0.346 e. The number of aryl methyl sites for hydroxylation is 1. The van der Waals surface area contributed by atoms with E-state index in [-0.39, 0.29) is 17.4 Å². The van der Waals surface area contributed by atoms with Gasteiger partial charge in [0.05, 0.1) is 10.9 Å². The summed E-state index contributed by atoms with van der Waals surface area (Å²) in [5.41, 5.74) is 0.580. The molecule has 1 saturated heterocycles. The van der Waals surface area contributed by atoms with Crippen LogP contribution in [0.5, 0.6) is 0 Å². The van der Waals surface area contributed by atoms with E-state index in [1.807, 2.05) is 11.8 Å². The van der Waals surface area contributed by atoms with Crippen LogP contribution in [0.4, 0.5) is 10.9 Å². The maximum atomic E-state index is 12.6. The van der Waals surface area contributed by atoms with Crippen LogP contribution in [0.2, 0.25) is 5.02 Å². The highest BCUT2D eigenvalue weighted by Gasteiger charge is 2.28. The van der Waals surface area contributed by atoms with E-state index in [2.05, 4.69) is 20.4 Å². The number of nitrogens with one attached hydrogen (secondary N) is 1. The van der Waals surface area contributed by atoms with Crippen molar-refractivity contribution in [2.45, 2.75) is 26.2 Å². The van der Waals surface area contributed by atoms with E-state index in [0.29, 0.717) is 33.9 Å². The molecular formula is C18H19ClN6O2S. The van der Waals surface area contributed by atoms with Gasteiger partial charge in [0.15, 0.2) is 0 Å². The van der Waals surface area contributed by atoms with Gasteiger partial charge in [-0.15, -0.1) is 5.10 Å². The molecule has 1 N–H and O–H groups in total. The van der Waals surface area contributed by atoms with Gasteiger partial charge in [-0.1, -0.05) is 29.9 Å². The van der Waals surface area contributed by atoms with E-state index in [1.165, 1.54) is 28.1 Å². The van der Waals surface area contributed by atoms with Crippen molar-refractivity contribution in [3.63, 3.8) is 0 Å². The molecule has 146 valence electrons. The standard InChI is InChI=1S/C18H19ClN6O2S/c1-2-13-8-15(26)25-17(21-13)28-18(23-25)24-7-3-4-11(10-24)16(27)22-14-6-5-12(19)9-20-14/h5-6,8-9,11H,2-4,7,10H2,1H3,(H,20,22,27). The minimum absolute atomic E-state index is 0.0794. The summed E-state index contributed by atoms with van der Waals surface area (Å²) in [6.45, 7) is 3.29. The van der Waals surface area contributed by atoms with Crippen molar-refractivity contribution in [3.8, 4) is 0 Å². The van der Waals surface area contributed by atoms with Gasteiger partial charge in [-0.05, 0) is 31.4 Å². The van der Waals surface area contributed by atoms with E-state index in [0.717, 1.165) is 25.1 Å². The number of hydrogen-bond donors (Lipinski definition) is 1. The van der Waals surface area contributed by atoms with E-state index >= 15 is 0 Å². The summed E-state index contributed by atoms with van der Waals surface area (Å²) < 4.78 is 1.33. The van der Waals surface area contributed by atoms with Crippen LogP contribution in [0.25, 0.3) is 4.96 Å². The smallest absolute Gasteiger partial charge is 0.275 e. The number of hydrogen-bond acceptors (Lipinski definition) is 7. The Kier molecular flexibility index (Phi) is 5.27. The number of rotatable bonds is 4. The average molecular weight is 419 g/mol. The molecule has 0 saturated carbocycles. The van der Waals surface area contributed by atoms with Gasteiger partial charge < -0.3 is 10.2 Å². The quantitative estimate of drug-likeness (QED) is 0.700. The molecule has 4 rings (SSSR count). The summed E-state index contributed by atoms with van der Waals surface area (Å²) in [6, 6.07) is 4.88. The molecule has 1 fully saturated rings. The average Bonchev–Trinajstić information content (AvgIpc) is 3.14. The van der Waals surface area contributed by atoms with E-state index in [1.54, 1.807) is 12.1 Å². The molecule has 0 bridgehead atoms. The first-order valence-corrected chi connectivity index (χ1v) is 10.3. The minimum atomic E-state index is -0.186. The summed E-state index contributed by atoms with van der Waals surface area (Å²) in [7, 11) is 0. The lowest BCUT2D eigenvalue weighted by Gasteiger charge is -2.31. The van der Waals surface area contributed by atoms with Crippen LogP contribution in [0.15, 0.2) is 29.2 Å². The number of halogens is 1. The zero-order chi connectivity index (χ0) is 19.7. The van der Waals surface area contributed by atoms with Crippen molar-refractivity contribution >= 4 is 44.8 Å². The fourth-order valence-electron chi connectivity index (χ4n) is 3.20.